The first-order valence-electron chi connectivity index (χ1n) is 10.3. The highest BCUT2D eigenvalue weighted by Crippen LogP contribution is 2.32. The van der Waals surface area contributed by atoms with Crippen LogP contribution in [-0.4, -0.2) is 21.4 Å². The number of nitrogens with one attached hydrogen (secondary N) is 1. The van der Waals surface area contributed by atoms with Crippen molar-refractivity contribution in [1.82, 2.24) is 0 Å². The van der Waals surface area contributed by atoms with E-state index >= 15 is 0 Å². The lowest BCUT2D eigenvalue weighted by Gasteiger charge is -2.20. The summed E-state index contributed by atoms with van der Waals surface area (Å²) in [6, 6.07) is 28.6. The second kappa shape index (κ2) is 9.99. The number of para-hydroxylation sites is 1. The minimum atomic E-state index is -3.71. The summed E-state index contributed by atoms with van der Waals surface area (Å²) in [7, 11) is -2.24. The van der Waals surface area contributed by atoms with Crippen molar-refractivity contribution in [2.75, 3.05) is 16.7 Å². The van der Waals surface area contributed by atoms with Crippen LogP contribution in [0.3, 0.4) is 0 Å². The highest BCUT2D eigenvalue weighted by molar-refractivity contribution is 7.92. The molecule has 0 bridgehead atoms. The van der Waals surface area contributed by atoms with Crippen LogP contribution in [0, 0.1) is 0 Å². The molecule has 0 unspecified atom stereocenters. The fraction of sp³-hybridized carbons (Fsp3) is 0.0385. The summed E-state index contributed by atoms with van der Waals surface area (Å²) < 4.78 is 32.7. The van der Waals surface area contributed by atoms with E-state index in [1.807, 2.05) is 18.2 Å². The van der Waals surface area contributed by atoms with Crippen molar-refractivity contribution in [3.63, 3.8) is 0 Å². The number of halogens is 1. The molecule has 4 aromatic carbocycles. The van der Waals surface area contributed by atoms with Gasteiger partial charge in [-0.15, -0.1) is 0 Å². The standard InChI is InChI=1S/C26H21ClN2O4S/c1-29(34(31,32)23-10-6-3-7-11-23)21-15-12-19(13-16-21)26(30)28-24-18-20(27)14-17-25(24)33-22-8-4-2-5-9-22/h2-18H,1H3,(H,28,30). The number of carbonyl (C=O) groups is 1. The maximum Gasteiger partial charge on any atom is 0.264 e. The molecule has 0 saturated carbocycles. The Hall–Kier alpha value is -3.81. The largest absolute Gasteiger partial charge is 0.455 e. The first kappa shape index (κ1) is 23.4. The van der Waals surface area contributed by atoms with Crippen molar-refractivity contribution in [2.45, 2.75) is 4.90 Å². The summed E-state index contributed by atoms with van der Waals surface area (Å²) in [6.45, 7) is 0. The summed E-state index contributed by atoms with van der Waals surface area (Å²) >= 11 is 6.13. The zero-order valence-electron chi connectivity index (χ0n) is 18.2. The molecule has 6 nitrogen and oxygen atoms in total. The van der Waals surface area contributed by atoms with E-state index in [1.54, 1.807) is 72.8 Å². The van der Waals surface area contributed by atoms with E-state index in [1.165, 1.54) is 23.5 Å². The molecular weight excluding hydrogens is 472 g/mol. The summed E-state index contributed by atoms with van der Waals surface area (Å²) in [6.07, 6.45) is 0. The van der Waals surface area contributed by atoms with Crippen LogP contribution in [0.1, 0.15) is 10.4 Å². The van der Waals surface area contributed by atoms with Gasteiger partial charge in [-0.25, -0.2) is 8.42 Å². The molecule has 1 N–H and O–H groups in total. The smallest absolute Gasteiger partial charge is 0.264 e. The average molecular weight is 493 g/mol. The van der Waals surface area contributed by atoms with Crippen LogP contribution in [0.5, 0.6) is 11.5 Å². The van der Waals surface area contributed by atoms with E-state index in [2.05, 4.69) is 5.32 Å². The van der Waals surface area contributed by atoms with E-state index < -0.39 is 10.0 Å². The number of sulfonamides is 1. The zero-order valence-corrected chi connectivity index (χ0v) is 19.8. The van der Waals surface area contributed by atoms with Crippen molar-refractivity contribution >= 4 is 38.9 Å². The highest BCUT2D eigenvalue weighted by Gasteiger charge is 2.21. The zero-order chi connectivity index (χ0) is 24.1. The van der Waals surface area contributed by atoms with E-state index in [0.717, 1.165) is 0 Å². The SMILES string of the molecule is CN(c1ccc(C(=O)Nc2cc(Cl)ccc2Oc2ccccc2)cc1)S(=O)(=O)c1ccccc1. The molecule has 34 heavy (non-hydrogen) atoms. The van der Waals surface area contributed by atoms with Crippen molar-refractivity contribution in [3.8, 4) is 11.5 Å². The lowest BCUT2D eigenvalue weighted by atomic mass is 10.2. The molecule has 0 saturated heterocycles. The maximum atomic E-state index is 12.9. The van der Waals surface area contributed by atoms with Crippen LogP contribution in [0.2, 0.25) is 5.02 Å². The Morgan fingerprint density at radius 3 is 2.12 bits per heavy atom. The Balaban J connectivity index is 1.52. The van der Waals surface area contributed by atoms with Crippen LogP contribution in [0.15, 0.2) is 108 Å². The number of amides is 1. The van der Waals surface area contributed by atoms with Crippen LogP contribution in [0.25, 0.3) is 0 Å². The number of carbonyl (C=O) groups excluding carboxylic acids is 1. The van der Waals surface area contributed by atoms with Crippen molar-refractivity contribution in [2.24, 2.45) is 0 Å². The average Bonchev–Trinajstić information content (AvgIpc) is 2.86. The molecule has 1 amide bonds. The second-order valence-electron chi connectivity index (χ2n) is 7.34. The molecule has 0 aliphatic carbocycles. The predicted molar refractivity (Wildman–Crippen MR) is 134 cm³/mol. The molecule has 172 valence electrons. The molecule has 0 radical (unpaired) electrons. The van der Waals surface area contributed by atoms with Gasteiger partial charge in [-0.1, -0.05) is 48.0 Å². The van der Waals surface area contributed by atoms with Gasteiger partial charge in [-0.05, 0) is 66.7 Å². The van der Waals surface area contributed by atoms with Crippen molar-refractivity contribution in [1.29, 1.82) is 0 Å². The fourth-order valence-corrected chi connectivity index (χ4v) is 4.60. The Kier molecular flexibility index (Phi) is 6.86. The van der Waals surface area contributed by atoms with Crippen LogP contribution < -0.4 is 14.4 Å². The lowest BCUT2D eigenvalue weighted by Crippen LogP contribution is -2.26. The summed E-state index contributed by atoms with van der Waals surface area (Å²) in [5.41, 5.74) is 1.19. The molecule has 0 aliphatic heterocycles. The number of rotatable bonds is 7. The van der Waals surface area contributed by atoms with Gasteiger partial charge in [0.25, 0.3) is 15.9 Å². The maximum absolute atomic E-state index is 12.9. The minimum Gasteiger partial charge on any atom is -0.455 e. The molecule has 0 spiro atoms. The molecule has 0 atom stereocenters. The van der Waals surface area contributed by atoms with Gasteiger partial charge >= 0.3 is 0 Å². The first-order valence-corrected chi connectivity index (χ1v) is 12.1. The Bertz CT molecular complexity index is 1390. The lowest BCUT2D eigenvalue weighted by molar-refractivity contribution is 0.102. The van der Waals surface area contributed by atoms with Gasteiger partial charge in [0, 0.05) is 17.6 Å². The van der Waals surface area contributed by atoms with Gasteiger partial charge in [0.2, 0.25) is 0 Å². The van der Waals surface area contributed by atoms with E-state index in [9.17, 15) is 13.2 Å². The van der Waals surface area contributed by atoms with Crippen LogP contribution >= 0.6 is 11.6 Å². The number of hydrogen-bond donors (Lipinski definition) is 1. The van der Waals surface area contributed by atoms with Gasteiger partial charge in [0.1, 0.15) is 5.75 Å². The number of ether oxygens (including phenoxy) is 1. The summed E-state index contributed by atoms with van der Waals surface area (Å²) in [5, 5.41) is 3.26. The fourth-order valence-electron chi connectivity index (χ4n) is 3.21. The van der Waals surface area contributed by atoms with Gasteiger partial charge in [0.05, 0.1) is 16.3 Å². The Labute approximate surface area is 203 Å². The molecule has 0 aromatic heterocycles. The van der Waals surface area contributed by atoms with Crippen molar-refractivity contribution < 1.29 is 17.9 Å². The molecule has 0 heterocycles. The topological polar surface area (TPSA) is 75.7 Å². The van der Waals surface area contributed by atoms with Gasteiger partial charge in [-0.2, -0.15) is 0 Å². The molecule has 4 rings (SSSR count). The normalized spacial score (nSPS) is 11.0. The molecule has 4 aromatic rings. The minimum absolute atomic E-state index is 0.186. The summed E-state index contributed by atoms with van der Waals surface area (Å²) in [5.74, 6) is 0.668. The third-order valence-electron chi connectivity index (χ3n) is 5.06. The molecule has 8 heteroatoms. The highest BCUT2D eigenvalue weighted by atomic mass is 35.5. The number of hydrogen-bond acceptors (Lipinski definition) is 4. The third kappa shape index (κ3) is 5.22. The van der Waals surface area contributed by atoms with Crippen LogP contribution in [-0.2, 0) is 10.0 Å². The number of anilines is 2. The van der Waals surface area contributed by atoms with E-state index in [0.29, 0.717) is 33.5 Å². The van der Waals surface area contributed by atoms with Gasteiger partial charge < -0.3 is 10.1 Å². The molecule has 0 aliphatic rings. The third-order valence-corrected chi connectivity index (χ3v) is 7.09. The van der Waals surface area contributed by atoms with E-state index in [4.69, 9.17) is 16.3 Å². The van der Waals surface area contributed by atoms with Gasteiger partial charge in [0.15, 0.2) is 5.75 Å². The molecule has 0 fully saturated rings. The first-order chi connectivity index (χ1) is 16.3. The van der Waals surface area contributed by atoms with Crippen LogP contribution in [0.4, 0.5) is 11.4 Å². The van der Waals surface area contributed by atoms with E-state index in [-0.39, 0.29) is 10.8 Å². The predicted octanol–water partition coefficient (Wildman–Crippen LogP) is 6.21. The Morgan fingerprint density at radius 2 is 1.47 bits per heavy atom. The monoisotopic (exact) mass is 492 g/mol. The number of benzene rings is 4. The number of nitrogens with zero attached hydrogens (tertiary/aromatic N) is 1. The quantitative estimate of drug-likeness (QED) is 0.333. The summed E-state index contributed by atoms with van der Waals surface area (Å²) in [4.78, 5) is 13.1. The second-order valence-corrected chi connectivity index (χ2v) is 9.75. The molecular formula is C26H21ClN2O4S. The van der Waals surface area contributed by atoms with Gasteiger partial charge in [-0.3, -0.25) is 9.10 Å². The Morgan fingerprint density at radius 1 is 0.853 bits per heavy atom. The van der Waals surface area contributed by atoms with Crippen molar-refractivity contribution in [3.05, 3.63) is 114 Å².